The monoisotopic (exact) mass is 297 g/mol. The first-order valence-electron chi connectivity index (χ1n) is 6.27. The SMILES string of the molecule is O=C(Nc1ccc(C(=O)O)s1)c1ccc2ccccc2c1. The summed E-state index contributed by atoms with van der Waals surface area (Å²) in [6.07, 6.45) is 0. The van der Waals surface area contributed by atoms with Crippen LogP contribution in [0.2, 0.25) is 0 Å². The van der Waals surface area contributed by atoms with Gasteiger partial charge in [-0.15, -0.1) is 11.3 Å². The summed E-state index contributed by atoms with van der Waals surface area (Å²) in [7, 11) is 0. The van der Waals surface area contributed by atoms with E-state index in [4.69, 9.17) is 5.11 Å². The first-order chi connectivity index (χ1) is 10.1. The van der Waals surface area contributed by atoms with Crippen molar-refractivity contribution in [2.45, 2.75) is 0 Å². The Kier molecular flexibility index (Phi) is 3.41. The predicted octanol–water partition coefficient (Wildman–Crippen LogP) is 3.85. The first kappa shape index (κ1) is 13.3. The number of carboxylic acid groups (broad SMARTS) is 1. The maximum Gasteiger partial charge on any atom is 0.345 e. The fourth-order valence-electron chi connectivity index (χ4n) is 2.03. The summed E-state index contributed by atoms with van der Waals surface area (Å²) in [5.74, 6) is -1.24. The Bertz CT molecular complexity index is 838. The molecule has 3 aromatic rings. The van der Waals surface area contributed by atoms with Crippen molar-refractivity contribution in [3.05, 3.63) is 65.0 Å². The molecule has 0 saturated carbocycles. The maximum atomic E-state index is 12.2. The Labute approximate surface area is 124 Å². The Balaban J connectivity index is 1.84. The second-order valence-corrected chi connectivity index (χ2v) is 5.57. The van der Waals surface area contributed by atoms with Crippen LogP contribution in [0.3, 0.4) is 0 Å². The van der Waals surface area contributed by atoms with Gasteiger partial charge in [0.15, 0.2) is 0 Å². The van der Waals surface area contributed by atoms with Gasteiger partial charge in [-0.25, -0.2) is 4.79 Å². The molecule has 0 spiro atoms. The zero-order valence-corrected chi connectivity index (χ0v) is 11.7. The van der Waals surface area contributed by atoms with Crippen molar-refractivity contribution in [3.63, 3.8) is 0 Å². The van der Waals surface area contributed by atoms with Crippen molar-refractivity contribution in [1.82, 2.24) is 0 Å². The van der Waals surface area contributed by atoms with E-state index in [9.17, 15) is 9.59 Å². The predicted molar refractivity (Wildman–Crippen MR) is 83.2 cm³/mol. The molecule has 0 aliphatic rings. The minimum atomic E-state index is -0.994. The molecule has 0 fully saturated rings. The topological polar surface area (TPSA) is 66.4 Å². The maximum absolute atomic E-state index is 12.2. The van der Waals surface area contributed by atoms with Gasteiger partial charge in [0.2, 0.25) is 0 Å². The zero-order chi connectivity index (χ0) is 14.8. The molecule has 0 bridgehead atoms. The quantitative estimate of drug-likeness (QED) is 0.771. The molecule has 21 heavy (non-hydrogen) atoms. The number of thiophene rings is 1. The summed E-state index contributed by atoms with van der Waals surface area (Å²) in [5, 5.41) is 14.2. The van der Waals surface area contributed by atoms with Gasteiger partial charge in [0.1, 0.15) is 4.88 Å². The molecular weight excluding hydrogens is 286 g/mol. The van der Waals surface area contributed by atoms with Gasteiger partial charge in [-0.05, 0) is 35.0 Å². The summed E-state index contributed by atoms with van der Waals surface area (Å²) in [6, 6.07) is 16.3. The van der Waals surface area contributed by atoms with E-state index in [1.54, 1.807) is 12.1 Å². The van der Waals surface area contributed by atoms with E-state index in [0.717, 1.165) is 22.1 Å². The first-order valence-corrected chi connectivity index (χ1v) is 7.08. The summed E-state index contributed by atoms with van der Waals surface area (Å²) in [6.45, 7) is 0. The van der Waals surface area contributed by atoms with Crippen LogP contribution in [0.25, 0.3) is 10.8 Å². The van der Waals surface area contributed by atoms with Gasteiger partial charge in [0, 0.05) is 5.56 Å². The zero-order valence-electron chi connectivity index (χ0n) is 10.9. The van der Waals surface area contributed by atoms with Crippen LogP contribution in [0.15, 0.2) is 54.6 Å². The number of rotatable bonds is 3. The summed E-state index contributed by atoms with van der Waals surface area (Å²) < 4.78 is 0. The van der Waals surface area contributed by atoms with Crippen LogP contribution < -0.4 is 5.32 Å². The Hall–Kier alpha value is -2.66. The highest BCUT2D eigenvalue weighted by Gasteiger charge is 2.11. The average Bonchev–Trinajstić information content (AvgIpc) is 2.95. The number of amides is 1. The number of carbonyl (C=O) groups is 2. The molecule has 0 atom stereocenters. The molecule has 2 N–H and O–H groups in total. The standard InChI is InChI=1S/C16H11NO3S/c18-15(17-14-8-7-13(21-14)16(19)20)12-6-5-10-3-1-2-4-11(10)9-12/h1-9H,(H,17,18)(H,19,20). The molecule has 1 aromatic heterocycles. The number of benzene rings is 2. The molecule has 0 saturated heterocycles. The second-order valence-electron chi connectivity index (χ2n) is 4.49. The number of hydrogen-bond acceptors (Lipinski definition) is 3. The molecule has 0 unspecified atom stereocenters. The van der Waals surface area contributed by atoms with Crippen molar-refractivity contribution in [2.75, 3.05) is 5.32 Å². The van der Waals surface area contributed by atoms with E-state index < -0.39 is 5.97 Å². The molecule has 1 heterocycles. The lowest BCUT2D eigenvalue weighted by Gasteiger charge is -2.04. The van der Waals surface area contributed by atoms with Gasteiger partial charge < -0.3 is 10.4 Å². The van der Waals surface area contributed by atoms with Crippen molar-refractivity contribution in [2.24, 2.45) is 0 Å². The Morgan fingerprint density at radius 3 is 2.43 bits per heavy atom. The largest absolute Gasteiger partial charge is 0.477 e. The lowest BCUT2D eigenvalue weighted by molar-refractivity contribution is 0.0702. The highest BCUT2D eigenvalue weighted by atomic mass is 32.1. The third kappa shape index (κ3) is 2.78. The number of fused-ring (bicyclic) bond motifs is 1. The molecule has 1 amide bonds. The minimum Gasteiger partial charge on any atom is -0.477 e. The fraction of sp³-hybridized carbons (Fsp3) is 0. The van der Waals surface area contributed by atoms with Crippen LogP contribution in [-0.2, 0) is 0 Å². The van der Waals surface area contributed by atoms with Crippen molar-refractivity contribution >= 4 is 39.0 Å². The van der Waals surface area contributed by atoms with Crippen LogP contribution in [0, 0.1) is 0 Å². The van der Waals surface area contributed by atoms with E-state index in [1.165, 1.54) is 6.07 Å². The molecule has 0 aliphatic heterocycles. The highest BCUT2D eigenvalue weighted by Crippen LogP contribution is 2.23. The number of nitrogens with one attached hydrogen (secondary N) is 1. The van der Waals surface area contributed by atoms with Gasteiger partial charge in [-0.1, -0.05) is 30.3 Å². The van der Waals surface area contributed by atoms with Crippen LogP contribution >= 0.6 is 11.3 Å². The van der Waals surface area contributed by atoms with E-state index >= 15 is 0 Å². The van der Waals surface area contributed by atoms with Crippen molar-refractivity contribution in [3.8, 4) is 0 Å². The summed E-state index contributed by atoms with van der Waals surface area (Å²) >= 11 is 1.04. The summed E-state index contributed by atoms with van der Waals surface area (Å²) in [4.78, 5) is 23.2. The number of carbonyl (C=O) groups excluding carboxylic acids is 1. The normalized spacial score (nSPS) is 10.5. The van der Waals surface area contributed by atoms with Crippen LogP contribution in [0.5, 0.6) is 0 Å². The van der Waals surface area contributed by atoms with Crippen molar-refractivity contribution in [1.29, 1.82) is 0 Å². The van der Waals surface area contributed by atoms with E-state index in [2.05, 4.69) is 5.32 Å². The molecule has 5 heteroatoms. The number of carboxylic acids is 1. The fourth-order valence-corrected chi connectivity index (χ4v) is 2.77. The van der Waals surface area contributed by atoms with Gasteiger partial charge in [-0.2, -0.15) is 0 Å². The number of anilines is 1. The molecule has 2 aromatic carbocycles. The third-order valence-electron chi connectivity index (χ3n) is 3.07. The van der Waals surface area contributed by atoms with Gasteiger partial charge >= 0.3 is 5.97 Å². The molecule has 4 nitrogen and oxygen atoms in total. The van der Waals surface area contributed by atoms with Crippen molar-refractivity contribution < 1.29 is 14.7 Å². The lowest BCUT2D eigenvalue weighted by atomic mass is 10.1. The molecule has 104 valence electrons. The highest BCUT2D eigenvalue weighted by molar-refractivity contribution is 7.18. The lowest BCUT2D eigenvalue weighted by Crippen LogP contribution is -2.10. The second kappa shape index (κ2) is 5.38. The van der Waals surface area contributed by atoms with Crippen LogP contribution in [0.4, 0.5) is 5.00 Å². The number of hydrogen-bond donors (Lipinski definition) is 2. The van der Waals surface area contributed by atoms with Crippen LogP contribution in [0.1, 0.15) is 20.0 Å². The van der Waals surface area contributed by atoms with Gasteiger partial charge in [-0.3, -0.25) is 4.79 Å². The Morgan fingerprint density at radius 1 is 0.952 bits per heavy atom. The Morgan fingerprint density at radius 2 is 1.71 bits per heavy atom. The summed E-state index contributed by atoms with van der Waals surface area (Å²) in [5.41, 5.74) is 0.541. The van der Waals surface area contributed by atoms with E-state index in [1.807, 2.05) is 36.4 Å². The van der Waals surface area contributed by atoms with Gasteiger partial charge in [0.25, 0.3) is 5.91 Å². The molecular formula is C16H11NO3S. The van der Waals surface area contributed by atoms with E-state index in [0.29, 0.717) is 10.6 Å². The average molecular weight is 297 g/mol. The molecule has 0 aliphatic carbocycles. The molecule has 3 rings (SSSR count). The van der Waals surface area contributed by atoms with Gasteiger partial charge in [0.05, 0.1) is 5.00 Å². The third-order valence-corrected chi connectivity index (χ3v) is 4.05. The molecule has 0 radical (unpaired) electrons. The van der Waals surface area contributed by atoms with Crippen LogP contribution in [-0.4, -0.2) is 17.0 Å². The minimum absolute atomic E-state index is 0.198. The number of aromatic carboxylic acids is 1. The van der Waals surface area contributed by atoms with E-state index in [-0.39, 0.29) is 10.8 Å². The smallest absolute Gasteiger partial charge is 0.345 e.